The Kier molecular flexibility index (Phi) is 4.14. The van der Waals surface area contributed by atoms with E-state index in [0.29, 0.717) is 12.0 Å². The molecule has 0 radical (unpaired) electrons. The first-order valence-corrected chi connectivity index (χ1v) is 5.92. The summed E-state index contributed by atoms with van der Waals surface area (Å²) in [5.41, 5.74) is 5.41. The molecule has 2 nitrogen and oxygen atoms in total. The molecule has 0 spiro atoms. The van der Waals surface area contributed by atoms with Crippen molar-refractivity contribution in [1.29, 1.82) is 0 Å². The number of rotatable bonds is 4. The first-order chi connectivity index (χ1) is 7.92. The molecule has 0 saturated heterocycles. The minimum atomic E-state index is -0.559. The van der Waals surface area contributed by atoms with Gasteiger partial charge in [-0.25, -0.2) is 4.79 Å². The van der Waals surface area contributed by atoms with Gasteiger partial charge in [0.15, 0.2) is 0 Å². The summed E-state index contributed by atoms with van der Waals surface area (Å²) in [7, 11) is 0. The lowest BCUT2D eigenvalue weighted by Gasteiger charge is -2.18. The molecule has 0 saturated carbocycles. The molecule has 1 heterocycles. The van der Waals surface area contributed by atoms with E-state index in [0.717, 1.165) is 17.6 Å². The number of carbonyl (C=O) groups is 1. The SMILES string of the molecule is C=CCC1=C(C=C=C(C)CC)C(C)(C)OC1=O. The van der Waals surface area contributed by atoms with Crippen molar-refractivity contribution in [2.24, 2.45) is 0 Å². The van der Waals surface area contributed by atoms with Crippen LogP contribution in [0.25, 0.3) is 0 Å². The third-order valence-electron chi connectivity index (χ3n) is 2.91. The zero-order valence-corrected chi connectivity index (χ0v) is 11.1. The highest BCUT2D eigenvalue weighted by atomic mass is 16.6. The summed E-state index contributed by atoms with van der Waals surface area (Å²) < 4.78 is 5.35. The van der Waals surface area contributed by atoms with Crippen LogP contribution in [-0.2, 0) is 9.53 Å². The molecule has 2 heteroatoms. The number of cyclic esters (lactones) is 1. The number of allylic oxidation sites excluding steroid dienone is 1. The van der Waals surface area contributed by atoms with Crippen LogP contribution in [0.2, 0.25) is 0 Å². The Balaban J connectivity index is 3.24. The molecule has 0 bridgehead atoms. The van der Waals surface area contributed by atoms with E-state index in [9.17, 15) is 4.79 Å². The Morgan fingerprint density at radius 2 is 2.18 bits per heavy atom. The lowest BCUT2D eigenvalue weighted by Crippen LogP contribution is -2.22. The van der Waals surface area contributed by atoms with Crippen LogP contribution in [0.15, 0.2) is 41.2 Å². The molecule has 0 aliphatic carbocycles. The second-order valence-electron chi connectivity index (χ2n) is 4.71. The standard InChI is InChI=1S/C15H20O2/c1-6-8-12-13(10-9-11(3)7-2)15(4,5)17-14(12)16/h6,10H,1,7-8H2,2-5H3. The summed E-state index contributed by atoms with van der Waals surface area (Å²) in [6.07, 6.45) is 5.10. The molecule has 0 aromatic heterocycles. The molecule has 92 valence electrons. The van der Waals surface area contributed by atoms with Gasteiger partial charge >= 0.3 is 5.97 Å². The van der Waals surface area contributed by atoms with E-state index in [1.807, 2.05) is 26.8 Å². The summed E-state index contributed by atoms with van der Waals surface area (Å²) in [5.74, 6) is -0.239. The summed E-state index contributed by atoms with van der Waals surface area (Å²) >= 11 is 0. The molecule has 1 rings (SSSR count). The highest BCUT2D eigenvalue weighted by Crippen LogP contribution is 2.34. The highest BCUT2D eigenvalue weighted by Gasteiger charge is 2.38. The lowest BCUT2D eigenvalue weighted by atomic mass is 9.94. The Labute approximate surface area is 103 Å². The van der Waals surface area contributed by atoms with E-state index in [1.165, 1.54) is 0 Å². The van der Waals surface area contributed by atoms with Crippen LogP contribution < -0.4 is 0 Å². The molecule has 0 unspecified atom stereocenters. The molecular weight excluding hydrogens is 212 g/mol. The van der Waals surface area contributed by atoms with Gasteiger partial charge in [-0.1, -0.05) is 13.0 Å². The zero-order chi connectivity index (χ0) is 13.1. The fraction of sp³-hybridized carbons (Fsp3) is 0.467. The molecule has 17 heavy (non-hydrogen) atoms. The van der Waals surface area contributed by atoms with Gasteiger partial charge in [0.2, 0.25) is 0 Å². The summed E-state index contributed by atoms with van der Waals surface area (Å²) in [5, 5.41) is 0. The van der Waals surface area contributed by atoms with Gasteiger partial charge < -0.3 is 4.74 Å². The van der Waals surface area contributed by atoms with Crippen LogP contribution in [0, 0.1) is 0 Å². The van der Waals surface area contributed by atoms with Gasteiger partial charge in [0.1, 0.15) is 5.60 Å². The largest absolute Gasteiger partial charge is 0.451 e. The Morgan fingerprint density at radius 3 is 2.71 bits per heavy atom. The van der Waals surface area contributed by atoms with Gasteiger partial charge in [0.25, 0.3) is 0 Å². The molecule has 0 amide bonds. The summed E-state index contributed by atoms with van der Waals surface area (Å²) in [6.45, 7) is 11.6. The van der Waals surface area contributed by atoms with Crippen LogP contribution in [0.3, 0.4) is 0 Å². The topological polar surface area (TPSA) is 26.3 Å². The molecule has 1 aliphatic rings. The van der Waals surface area contributed by atoms with Crippen molar-refractivity contribution in [3.63, 3.8) is 0 Å². The lowest BCUT2D eigenvalue weighted by molar-refractivity contribution is -0.144. The van der Waals surface area contributed by atoms with E-state index in [1.54, 1.807) is 6.08 Å². The second kappa shape index (κ2) is 5.20. The maximum Gasteiger partial charge on any atom is 0.335 e. The number of hydrogen-bond donors (Lipinski definition) is 0. The van der Waals surface area contributed by atoms with E-state index in [4.69, 9.17) is 4.74 Å². The van der Waals surface area contributed by atoms with Crippen molar-refractivity contribution in [3.8, 4) is 0 Å². The average molecular weight is 232 g/mol. The fourth-order valence-corrected chi connectivity index (χ4v) is 1.72. The smallest absolute Gasteiger partial charge is 0.335 e. The molecule has 0 atom stereocenters. The Hall–Kier alpha value is -1.53. The summed E-state index contributed by atoms with van der Waals surface area (Å²) in [6, 6.07) is 0. The minimum Gasteiger partial charge on any atom is -0.451 e. The van der Waals surface area contributed by atoms with E-state index in [2.05, 4.69) is 19.2 Å². The van der Waals surface area contributed by atoms with E-state index >= 15 is 0 Å². The van der Waals surface area contributed by atoms with E-state index in [-0.39, 0.29) is 5.97 Å². The van der Waals surface area contributed by atoms with Crippen LogP contribution in [-0.4, -0.2) is 11.6 Å². The first kappa shape index (κ1) is 13.5. The monoisotopic (exact) mass is 232 g/mol. The normalized spacial score (nSPS) is 17.5. The van der Waals surface area contributed by atoms with Crippen LogP contribution in [0.5, 0.6) is 0 Å². The molecule has 1 aliphatic heterocycles. The highest BCUT2D eigenvalue weighted by molar-refractivity contribution is 5.94. The molecule has 0 aromatic carbocycles. The molecule has 0 N–H and O–H groups in total. The second-order valence-corrected chi connectivity index (χ2v) is 4.71. The van der Waals surface area contributed by atoms with Gasteiger partial charge in [-0.05, 0) is 45.3 Å². The number of esters is 1. The summed E-state index contributed by atoms with van der Waals surface area (Å²) in [4.78, 5) is 11.7. The Morgan fingerprint density at radius 1 is 1.53 bits per heavy atom. The van der Waals surface area contributed by atoms with E-state index < -0.39 is 5.60 Å². The number of carbonyl (C=O) groups excluding carboxylic acids is 1. The van der Waals surface area contributed by atoms with Crippen molar-refractivity contribution < 1.29 is 9.53 Å². The first-order valence-electron chi connectivity index (χ1n) is 5.92. The maximum atomic E-state index is 11.7. The number of hydrogen-bond acceptors (Lipinski definition) is 2. The van der Waals surface area contributed by atoms with Crippen LogP contribution >= 0.6 is 0 Å². The van der Waals surface area contributed by atoms with Crippen molar-refractivity contribution >= 4 is 5.97 Å². The molecule has 0 aromatic rings. The average Bonchev–Trinajstić information content (AvgIpc) is 2.46. The third kappa shape index (κ3) is 2.98. The number of ether oxygens (including phenoxy) is 1. The molecule has 0 fully saturated rings. The zero-order valence-electron chi connectivity index (χ0n) is 11.1. The minimum absolute atomic E-state index is 0.239. The van der Waals surface area contributed by atoms with Gasteiger partial charge in [-0.15, -0.1) is 12.3 Å². The van der Waals surface area contributed by atoms with Crippen molar-refractivity contribution in [1.82, 2.24) is 0 Å². The van der Waals surface area contributed by atoms with Crippen LogP contribution in [0.1, 0.15) is 40.5 Å². The van der Waals surface area contributed by atoms with Crippen LogP contribution in [0.4, 0.5) is 0 Å². The van der Waals surface area contributed by atoms with Crippen molar-refractivity contribution in [2.45, 2.75) is 46.1 Å². The van der Waals surface area contributed by atoms with Gasteiger partial charge in [0, 0.05) is 11.1 Å². The fourth-order valence-electron chi connectivity index (χ4n) is 1.72. The van der Waals surface area contributed by atoms with Gasteiger partial charge in [-0.3, -0.25) is 0 Å². The van der Waals surface area contributed by atoms with Crippen molar-refractivity contribution in [3.05, 3.63) is 41.2 Å². The predicted molar refractivity (Wildman–Crippen MR) is 69.6 cm³/mol. The predicted octanol–water partition coefficient (Wildman–Crippen LogP) is 3.71. The molecular formula is C15H20O2. The van der Waals surface area contributed by atoms with Gasteiger partial charge in [0.05, 0.1) is 0 Å². The third-order valence-corrected chi connectivity index (χ3v) is 2.91. The van der Waals surface area contributed by atoms with Crippen molar-refractivity contribution in [2.75, 3.05) is 0 Å². The van der Waals surface area contributed by atoms with Gasteiger partial charge in [-0.2, -0.15) is 0 Å². The quantitative estimate of drug-likeness (QED) is 0.419. The Bertz CT molecular complexity index is 430. The maximum absolute atomic E-state index is 11.7.